The number of hydrogen-bond donors (Lipinski definition) is 0. The minimum atomic E-state index is -0.491. The molecule has 0 radical (unpaired) electrons. The highest BCUT2D eigenvalue weighted by Gasteiger charge is 2.57. The number of urea groups is 1. The van der Waals surface area contributed by atoms with Gasteiger partial charge in [-0.1, -0.05) is 4.99 Å². The first-order chi connectivity index (χ1) is 11.1. The van der Waals surface area contributed by atoms with Crippen molar-refractivity contribution < 1.29 is 18.6 Å². The molecule has 3 amide bonds. The van der Waals surface area contributed by atoms with E-state index in [1.165, 1.54) is 9.80 Å². The lowest BCUT2D eigenvalue weighted by Crippen LogP contribution is -2.63. The fourth-order valence-electron chi connectivity index (χ4n) is 3.35. The van der Waals surface area contributed by atoms with E-state index in [2.05, 4.69) is 9.57 Å². The molecule has 4 heterocycles. The summed E-state index contributed by atoms with van der Waals surface area (Å²) in [4.78, 5) is 34.2. The zero-order chi connectivity index (χ0) is 16.1. The number of aliphatic imine (C=N–C) groups is 1. The molecule has 23 heavy (non-hydrogen) atoms. The number of amides is 3. The van der Waals surface area contributed by atoms with Crippen molar-refractivity contribution >= 4 is 23.7 Å². The van der Waals surface area contributed by atoms with E-state index in [-0.39, 0.29) is 11.9 Å². The lowest BCUT2D eigenvalue weighted by Gasteiger charge is -2.33. The Morgan fingerprint density at radius 3 is 2.96 bits per heavy atom. The fraction of sp³-hybridized carbons (Fsp3) is 0.467. The third kappa shape index (κ3) is 1.90. The molecule has 1 saturated heterocycles. The van der Waals surface area contributed by atoms with Gasteiger partial charge in [0.15, 0.2) is 0 Å². The molecule has 120 valence electrons. The number of guanidine groups is 1. The van der Waals surface area contributed by atoms with Crippen LogP contribution in [0.4, 0.5) is 4.79 Å². The van der Waals surface area contributed by atoms with Gasteiger partial charge in [0, 0.05) is 13.6 Å². The molecule has 0 bridgehead atoms. The summed E-state index contributed by atoms with van der Waals surface area (Å²) in [6.07, 6.45) is 1.64. The van der Waals surface area contributed by atoms with Gasteiger partial charge in [0.25, 0.3) is 5.91 Å². The average molecular weight is 316 g/mol. The maximum absolute atomic E-state index is 12.7. The Balaban J connectivity index is 1.71. The normalized spacial score (nSPS) is 23.7. The van der Waals surface area contributed by atoms with Crippen molar-refractivity contribution in [2.24, 2.45) is 4.99 Å². The molecule has 8 heteroatoms. The van der Waals surface area contributed by atoms with Crippen LogP contribution in [0, 0.1) is 0 Å². The van der Waals surface area contributed by atoms with E-state index in [1.807, 2.05) is 17.0 Å². The highest BCUT2D eigenvalue weighted by atomic mass is 16.3. The fourth-order valence-corrected chi connectivity index (χ4v) is 3.35. The minimum Gasteiger partial charge on any atom is -0.466 e. The number of fused-ring (bicyclic) bond motifs is 3. The van der Waals surface area contributed by atoms with Gasteiger partial charge in [-0.3, -0.25) is 19.2 Å². The van der Waals surface area contributed by atoms with Crippen LogP contribution in [0.2, 0.25) is 0 Å². The highest BCUT2D eigenvalue weighted by Crippen LogP contribution is 2.25. The number of carbonyl (C=O) groups is 2. The van der Waals surface area contributed by atoms with Crippen LogP contribution in [0.15, 0.2) is 27.8 Å². The van der Waals surface area contributed by atoms with E-state index in [4.69, 9.17) is 4.42 Å². The van der Waals surface area contributed by atoms with Crippen LogP contribution < -0.4 is 0 Å². The first kappa shape index (κ1) is 14.0. The molecule has 3 aliphatic heterocycles. The van der Waals surface area contributed by atoms with Crippen LogP contribution in [-0.4, -0.2) is 75.7 Å². The maximum atomic E-state index is 12.7. The lowest BCUT2D eigenvalue weighted by atomic mass is 10.1. The van der Waals surface area contributed by atoms with Crippen molar-refractivity contribution in [2.45, 2.75) is 19.5 Å². The van der Waals surface area contributed by atoms with E-state index in [9.17, 15) is 9.59 Å². The van der Waals surface area contributed by atoms with Crippen LogP contribution in [0.25, 0.3) is 0 Å². The topological polar surface area (TPSA) is 72.4 Å². The van der Waals surface area contributed by atoms with Gasteiger partial charge >= 0.3 is 12.0 Å². The summed E-state index contributed by atoms with van der Waals surface area (Å²) in [5.74, 6) is 1.92. The maximum Gasteiger partial charge on any atom is 0.393 e. The number of hydrogen-bond acceptors (Lipinski definition) is 5. The van der Waals surface area contributed by atoms with Crippen LogP contribution in [0.3, 0.4) is 0 Å². The summed E-state index contributed by atoms with van der Waals surface area (Å²) < 4.78 is 7.47. The second kappa shape index (κ2) is 4.94. The summed E-state index contributed by atoms with van der Waals surface area (Å²) in [6, 6.07) is 2.96. The molecule has 0 aliphatic carbocycles. The van der Waals surface area contributed by atoms with Gasteiger partial charge in [-0.05, 0) is 19.1 Å². The molecule has 4 rings (SSSR count). The van der Waals surface area contributed by atoms with Crippen molar-refractivity contribution in [1.82, 2.24) is 14.7 Å². The van der Waals surface area contributed by atoms with Gasteiger partial charge in [0.1, 0.15) is 12.3 Å². The Morgan fingerprint density at radius 2 is 2.26 bits per heavy atom. The average Bonchev–Trinajstić information content (AvgIpc) is 3.24. The number of furan rings is 1. The predicted octanol–water partition coefficient (Wildman–Crippen LogP) is 0.158. The van der Waals surface area contributed by atoms with Crippen molar-refractivity contribution in [3.63, 3.8) is 0 Å². The van der Waals surface area contributed by atoms with Crippen LogP contribution in [0.5, 0.6) is 0 Å². The van der Waals surface area contributed by atoms with E-state index >= 15 is 0 Å². The Labute approximate surface area is 133 Å². The van der Waals surface area contributed by atoms with E-state index in [1.54, 1.807) is 20.2 Å². The van der Waals surface area contributed by atoms with Crippen molar-refractivity contribution in [1.29, 1.82) is 0 Å². The lowest BCUT2D eigenvalue weighted by molar-refractivity contribution is -0.537. The predicted molar refractivity (Wildman–Crippen MR) is 81.0 cm³/mol. The van der Waals surface area contributed by atoms with Gasteiger partial charge < -0.3 is 4.42 Å². The molecular weight excluding hydrogens is 298 g/mol. The Bertz CT molecular complexity index is 736. The Hall–Kier alpha value is -2.64. The molecular formula is C15H18N5O3+. The highest BCUT2D eigenvalue weighted by molar-refractivity contribution is 6.25. The van der Waals surface area contributed by atoms with E-state index in [0.717, 1.165) is 18.3 Å². The van der Waals surface area contributed by atoms with Crippen molar-refractivity contribution in [3.8, 4) is 0 Å². The van der Waals surface area contributed by atoms with Gasteiger partial charge in [0.05, 0.1) is 19.4 Å². The van der Waals surface area contributed by atoms with Crippen LogP contribution in [-0.2, 0) is 11.3 Å². The molecule has 0 spiro atoms. The number of amidine groups is 1. The van der Waals surface area contributed by atoms with E-state index < -0.39 is 6.04 Å². The van der Waals surface area contributed by atoms with Crippen LogP contribution in [0.1, 0.15) is 12.7 Å². The van der Waals surface area contributed by atoms with Crippen molar-refractivity contribution in [2.75, 3.05) is 26.7 Å². The summed E-state index contributed by atoms with van der Waals surface area (Å²) in [7, 11) is 1.67. The quantitative estimate of drug-likeness (QED) is 0.745. The molecule has 1 aromatic rings. The zero-order valence-electron chi connectivity index (χ0n) is 13.1. The molecule has 0 saturated carbocycles. The van der Waals surface area contributed by atoms with Gasteiger partial charge in [0.2, 0.25) is 11.9 Å². The molecule has 1 unspecified atom stereocenters. The first-order valence-electron chi connectivity index (χ1n) is 7.70. The van der Waals surface area contributed by atoms with E-state index in [0.29, 0.717) is 25.5 Å². The smallest absolute Gasteiger partial charge is 0.393 e. The Kier molecular flexibility index (Phi) is 3.00. The summed E-state index contributed by atoms with van der Waals surface area (Å²) in [6.45, 7) is 4.26. The summed E-state index contributed by atoms with van der Waals surface area (Å²) >= 11 is 0. The van der Waals surface area contributed by atoms with Gasteiger partial charge in [-0.25, -0.2) is 9.69 Å². The number of rotatable bonds is 3. The standard InChI is InChI=1S/C15H18N5O3/c1-3-19-13(21)11-12(17(2)15(19)22)16-14-18(6-7-20(11)14)9-10-5-4-8-23-10/h4-5,8,11H,3,6-7,9H2,1-2H3/q+1. The van der Waals surface area contributed by atoms with Crippen LogP contribution >= 0.6 is 0 Å². The molecule has 3 aliphatic rings. The number of imide groups is 1. The third-order valence-corrected chi connectivity index (χ3v) is 4.53. The SMILES string of the molecule is CCN1C(=O)C2C(=NC3=[N+](Cc4ccco4)CCN32)N(C)C1=O. The second-order valence-corrected chi connectivity index (χ2v) is 5.79. The third-order valence-electron chi connectivity index (χ3n) is 4.53. The zero-order valence-corrected chi connectivity index (χ0v) is 13.1. The second-order valence-electron chi connectivity index (χ2n) is 5.79. The molecule has 1 fully saturated rings. The largest absolute Gasteiger partial charge is 0.466 e. The number of carbonyl (C=O) groups excluding carboxylic acids is 2. The minimum absolute atomic E-state index is 0.191. The Morgan fingerprint density at radius 1 is 1.43 bits per heavy atom. The van der Waals surface area contributed by atoms with Gasteiger partial charge in [-0.15, -0.1) is 0 Å². The monoisotopic (exact) mass is 316 g/mol. The number of nitrogens with zero attached hydrogens (tertiary/aromatic N) is 5. The molecule has 8 nitrogen and oxygen atoms in total. The summed E-state index contributed by atoms with van der Waals surface area (Å²) in [5.41, 5.74) is 0. The molecule has 0 N–H and O–H groups in total. The first-order valence-corrected chi connectivity index (χ1v) is 7.70. The van der Waals surface area contributed by atoms with Gasteiger partial charge in [-0.2, -0.15) is 0 Å². The number of likely N-dealkylation sites (N-methyl/N-ethyl adjacent to an activating group) is 2. The molecule has 1 aromatic heterocycles. The molecule has 0 aromatic carbocycles. The van der Waals surface area contributed by atoms with Crippen molar-refractivity contribution in [3.05, 3.63) is 24.2 Å². The summed E-state index contributed by atoms with van der Waals surface area (Å²) in [5, 5.41) is 0. The molecule has 1 atom stereocenters.